The van der Waals surface area contributed by atoms with Crippen molar-refractivity contribution in [2.45, 2.75) is 20.0 Å². The van der Waals surface area contributed by atoms with Gasteiger partial charge in [-0.3, -0.25) is 14.2 Å². The maximum Gasteiger partial charge on any atom is 0.331 e. The zero-order valence-electron chi connectivity index (χ0n) is 9.47. The first-order chi connectivity index (χ1) is 8.10. The predicted octanol–water partition coefficient (Wildman–Crippen LogP) is -1.22. The second-order valence-corrected chi connectivity index (χ2v) is 3.29. The van der Waals surface area contributed by atoms with Gasteiger partial charge >= 0.3 is 5.69 Å². The van der Waals surface area contributed by atoms with Crippen LogP contribution in [0.5, 0.6) is 0 Å². The highest BCUT2D eigenvalue weighted by atomic mass is 16.2. The van der Waals surface area contributed by atoms with E-state index < -0.39 is 17.2 Å². The number of nitrogens with zero attached hydrogens (tertiary/aromatic N) is 2. The molecule has 0 unspecified atom stereocenters. The van der Waals surface area contributed by atoms with Gasteiger partial charge in [-0.2, -0.15) is 0 Å². The molecule has 1 aromatic rings. The summed E-state index contributed by atoms with van der Waals surface area (Å²) in [7, 11) is 0. The van der Waals surface area contributed by atoms with Crippen molar-refractivity contribution in [2.24, 2.45) is 0 Å². The van der Waals surface area contributed by atoms with Crippen LogP contribution in [0.2, 0.25) is 0 Å². The molecule has 1 heterocycles. The average molecular weight is 235 g/mol. The third-order valence-electron chi connectivity index (χ3n) is 2.17. The van der Waals surface area contributed by atoms with E-state index in [0.29, 0.717) is 6.54 Å². The number of terminal acetylenes is 1. The Hall–Kier alpha value is -2.29. The van der Waals surface area contributed by atoms with Gasteiger partial charge < -0.3 is 9.88 Å². The van der Waals surface area contributed by atoms with Gasteiger partial charge in [0.15, 0.2) is 0 Å². The molecule has 0 saturated heterocycles. The lowest BCUT2D eigenvalue weighted by Gasteiger charge is -2.07. The first-order valence-electron chi connectivity index (χ1n) is 5.10. The number of hydrogen-bond donors (Lipinski definition) is 1. The Balaban J connectivity index is 2.99. The van der Waals surface area contributed by atoms with Gasteiger partial charge in [0.05, 0.1) is 6.54 Å². The van der Waals surface area contributed by atoms with Crippen molar-refractivity contribution in [3.8, 4) is 12.3 Å². The molecule has 1 aromatic heterocycles. The van der Waals surface area contributed by atoms with E-state index in [0.717, 1.165) is 4.57 Å². The smallest absolute Gasteiger partial charge is 0.331 e. The second kappa shape index (κ2) is 5.70. The van der Waals surface area contributed by atoms with Crippen LogP contribution in [0.25, 0.3) is 0 Å². The van der Waals surface area contributed by atoms with Crippen molar-refractivity contribution in [1.29, 1.82) is 0 Å². The van der Waals surface area contributed by atoms with E-state index in [4.69, 9.17) is 6.42 Å². The molecule has 0 atom stereocenters. The summed E-state index contributed by atoms with van der Waals surface area (Å²) in [5.74, 6) is 1.77. The largest absolute Gasteiger partial charge is 0.344 e. The van der Waals surface area contributed by atoms with E-state index in [1.54, 1.807) is 6.92 Å². The summed E-state index contributed by atoms with van der Waals surface area (Å²) in [5, 5.41) is 2.39. The number of aryl methyl sites for hydroxylation is 1. The third kappa shape index (κ3) is 3.08. The minimum atomic E-state index is -0.504. The van der Waals surface area contributed by atoms with E-state index in [2.05, 4.69) is 11.2 Å². The highest BCUT2D eigenvalue weighted by molar-refractivity contribution is 5.75. The summed E-state index contributed by atoms with van der Waals surface area (Å²) >= 11 is 0. The minimum Gasteiger partial charge on any atom is -0.344 e. The van der Waals surface area contributed by atoms with E-state index >= 15 is 0 Å². The van der Waals surface area contributed by atoms with Crippen LogP contribution in [0.4, 0.5) is 0 Å². The van der Waals surface area contributed by atoms with E-state index in [1.165, 1.54) is 16.8 Å². The zero-order chi connectivity index (χ0) is 12.8. The van der Waals surface area contributed by atoms with Crippen LogP contribution in [0.3, 0.4) is 0 Å². The van der Waals surface area contributed by atoms with Crippen molar-refractivity contribution in [1.82, 2.24) is 14.5 Å². The molecule has 0 spiro atoms. The van der Waals surface area contributed by atoms with Crippen molar-refractivity contribution in [3.63, 3.8) is 0 Å². The van der Waals surface area contributed by atoms with Gasteiger partial charge in [-0.25, -0.2) is 4.79 Å². The molecular formula is C11H13N3O3. The molecule has 6 nitrogen and oxygen atoms in total. The van der Waals surface area contributed by atoms with Crippen LogP contribution in [0.1, 0.15) is 6.92 Å². The monoisotopic (exact) mass is 235 g/mol. The topological polar surface area (TPSA) is 73.1 Å². The molecule has 1 rings (SSSR count). The lowest BCUT2D eigenvalue weighted by molar-refractivity contribution is -0.121. The number of rotatable bonds is 4. The molecule has 0 aliphatic rings. The fourth-order valence-corrected chi connectivity index (χ4v) is 1.29. The SMILES string of the molecule is C#CCNC(=O)Cn1c(=O)ccn(CC)c1=O. The molecule has 0 saturated carbocycles. The molecule has 6 heteroatoms. The van der Waals surface area contributed by atoms with Gasteiger partial charge in [0, 0.05) is 18.8 Å². The Morgan fingerprint density at radius 3 is 2.82 bits per heavy atom. The van der Waals surface area contributed by atoms with Gasteiger partial charge in [0.25, 0.3) is 5.56 Å². The summed E-state index contributed by atoms with van der Waals surface area (Å²) in [6.45, 7) is 1.96. The van der Waals surface area contributed by atoms with Crippen molar-refractivity contribution in [2.75, 3.05) is 6.54 Å². The fraction of sp³-hybridized carbons (Fsp3) is 0.364. The Morgan fingerprint density at radius 1 is 1.53 bits per heavy atom. The molecule has 0 fully saturated rings. The minimum absolute atomic E-state index is 0.0718. The zero-order valence-corrected chi connectivity index (χ0v) is 9.47. The lowest BCUT2D eigenvalue weighted by atomic mass is 10.5. The lowest BCUT2D eigenvalue weighted by Crippen LogP contribution is -2.43. The Labute approximate surface area is 97.9 Å². The van der Waals surface area contributed by atoms with Gasteiger partial charge in [0.1, 0.15) is 6.54 Å². The summed E-state index contributed by atoms with van der Waals surface area (Å²) in [5.41, 5.74) is -1.01. The van der Waals surface area contributed by atoms with Crippen molar-refractivity contribution in [3.05, 3.63) is 33.1 Å². The number of amides is 1. The summed E-state index contributed by atoms with van der Waals surface area (Å²) < 4.78 is 2.21. The quantitative estimate of drug-likeness (QED) is 0.665. The number of hydrogen-bond acceptors (Lipinski definition) is 3. The molecule has 0 radical (unpaired) electrons. The van der Waals surface area contributed by atoms with Crippen LogP contribution in [0.15, 0.2) is 21.9 Å². The highest BCUT2D eigenvalue weighted by Crippen LogP contribution is 1.79. The highest BCUT2D eigenvalue weighted by Gasteiger charge is 2.08. The second-order valence-electron chi connectivity index (χ2n) is 3.29. The normalized spacial score (nSPS) is 9.65. The van der Waals surface area contributed by atoms with Crippen molar-refractivity contribution >= 4 is 5.91 Å². The molecule has 0 aromatic carbocycles. The number of carbonyl (C=O) groups excluding carboxylic acids is 1. The van der Waals surface area contributed by atoms with Crippen LogP contribution in [0, 0.1) is 12.3 Å². The summed E-state index contributed by atoms with van der Waals surface area (Å²) in [6, 6.07) is 1.25. The molecular weight excluding hydrogens is 222 g/mol. The van der Waals surface area contributed by atoms with Crippen LogP contribution in [-0.2, 0) is 17.9 Å². The van der Waals surface area contributed by atoms with E-state index in [1.807, 2.05) is 0 Å². The van der Waals surface area contributed by atoms with Gasteiger partial charge in [0.2, 0.25) is 5.91 Å². The van der Waals surface area contributed by atoms with Gasteiger partial charge in [-0.15, -0.1) is 6.42 Å². The Morgan fingerprint density at radius 2 is 2.24 bits per heavy atom. The fourth-order valence-electron chi connectivity index (χ4n) is 1.29. The average Bonchev–Trinajstić information content (AvgIpc) is 2.32. The van der Waals surface area contributed by atoms with Crippen LogP contribution >= 0.6 is 0 Å². The summed E-state index contributed by atoms with van der Waals surface area (Å²) in [4.78, 5) is 34.5. The molecule has 1 N–H and O–H groups in total. The van der Waals surface area contributed by atoms with Gasteiger partial charge in [-0.05, 0) is 6.92 Å². The third-order valence-corrected chi connectivity index (χ3v) is 2.17. The molecule has 0 aliphatic heterocycles. The molecule has 90 valence electrons. The summed E-state index contributed by atoms with van der Waals surface area (Å²) in [6.07, 6.45) is 6.38. The van der Waals surface area contributed by atoms with E-state index in [9.17, 15) is 14.4 Å². The molecule has 17 heavy (non-hydrogen) atoms. The van der Waals surface area contributed by atoms with Gasteiger partial charge in [-0.1, -0.05) is 5.92 Å². The van der Waals surface area contributed by atoms with E-state index in [-0.39, 0.29) is 13.1 Å². The first-order valence-corrected chi connectivity index (χ1v) is 5.10. The number of carbonyl (C=O) groups is 1. The van der Waals surface area contributed by atoms with Crippen LogP contribution < -0.4 is 16.6 Å². The predicted molar refractivity (Wildman–Crippen MR) is 62.5 cm³/mol. The molecule has 1 amide bonds. The first kappa shape index (κ1) is 12.8. The maximum absolute atomic E-state index is 11.7. The number of aromatic nitrogens is 2. The Bertz CT molecular complexity index is 563. The number of nitrogens with one attached hydrogen (secondary N) is 1. The van der Waals surface area contributed by atoms with Crippen LogP contribution in [-0.4, -0.2) is 21.6 Å². The molecule has 0 bridgehead atoms. The standard InChI is InChI=1S/C11H13N3O3/c1-3-6-12-9(15)8-14-10(16)5-7-13(4-2)11(14)17/h1,5,7H,4,6,8H2,2H3,(H,12,15). The molecule has 0 aliphatic carbocycles. The Kier molecular flexibility index (Phi) is 4.29. The maximum atomic E-state index is 11.7. The van der Waals surface area contributed by atoms with Crippen molar-refractivity contribution < 1.29 is 4.79 Å².